The summed E-state index contributed by atoms with van der Waals surface area (Å²) in [7, 11) is 0. The van der Waals surface area contributed by atoms with Crippen LogP contribution in [0.5, 0.6) is 0 Å². The number of hydrogen-bond donors (Lipinski definition) is 0. The summed E-state index contributed by atoms with van der Waals surface area (Å²) in [4.78, 5) is 65.6. The van der Waals surface area contributed by atoms with Gasteiger partial charge in [0.15, 0.2) is 12.4 Å². The molecule has 38 heavy (non-hydrogen) atoms. The highest BCUT2D eigenvalue weighted by molar-refractivity contribution is 6.42. The van der Waals surface area contributed by atoms with E-state index in [1.807, 2.05) is 4.90 Å². The van der Waals surface area contributed by atoms with Crippen LogP contribution in [0.1, 0.15) is 46.9 Å². The zero-order chi connectivity index (χ0) is 27.4. The molecule has 2 aromatic rings. The first-order valence-electron chi connectivity index (χ1n) is 12.2. The van der Waals surface area contributed by atoms with Crippen molar-refractivity contribution in [3.05, 3.63) is 63.6 Å². The Kier molecular flexibility index (Phi) is 8.81. The summed E-state index contributed by atoms with van der Waals surface area (Å²) in [5.74, 6) is -2.42. The highest BCUT2D eigenvalue weighted by atomic mass is 35.5. The summed E-state index contributed by atoms with van der Waals surface area (Å²) in [6.07, 6.45) is 0.906. The van der Waals surface area contributed by atoms with E-state index in [2.05, 4.69) is 0 Å². The Morgan fingerprint density at radius 2 is 1.58 bits per heavy atom. The molecule has 0 saturated carbocycles. The Morgan fingerprint density at radius 1 is 0.921 bits per heavy atom. The zero-order valence-corrected chi connectivity index (χ0v) is 22.2. The van der Waals surface area contributed by atoms with E-state index in [1.165, 1.54) is 30.3 Å². The molecule has 0 radical (unpaired) electrons. The van der Waals surface area contributed by atoms with Crippen molar-refractivity contribution >= 4 is 58.4 Å². The molecule has 0 bridgehead atoms. The lowest BCUT2D eigenvalue weighted by Crippen LogP contribution is -2.47. The highest BCUT2D eigenvalue weighted by Gasteiger charge is 2.44. The number of nitrogens with zero attached hydrogens (tertiary/aromatic N) is 2. The number of likely N-dealkylation sites (tertiary alicyclic amines) is 1. The van der Waals surface area contributed by atoms with Crippen LogP contribution in [0.15, 0.2) is 42.5 Å². The number of anilines is 1. The zero-order valence-electron chi connectivity index (χ0n) is 20.7. The Bertz CT molecular complexity index is 1260. The molecule has 200 valence electrons. The largest absolute Gasteiger partial charge is 0.462 e. The van der Waals surface area contributed by atoms with Gasteiger partial charge in [-0.15, -0.1) is 0 Å². The molecule has 0 N–H and O–H groups in total. The molecule has 0 spiro atoms. The quantitative estimate of drug-likeness (QED) is 0.271. The van der Waals surface area contributed by atoms with Crippen LogP contribution in [0.4, 0.5) is 5.69 Å². The van der Waals surface area contributed by atoms with Crippen molar-refractivity contribution in [2.24, 2.45) is 5.92 Å². The van der Waals surface area contributed by atoms with Gasteiger partial charge in [-0.05, 0) is 75.3 Å². The fourth-order valence-electron chi connectivity index (χ4n) is 4.59. The van der Waals surface area contributed by atoms with E-state index in [1.54, 1.807) is 19.1 Å². The molecular weight excluding hydrogens is 535 g/mol. The van der Waals surface area contributed by atoms with E-state index in [0.29, 0.717) is 47.8 Å². The number of imide groups is 1. The molecule has 2 amide bonds. The average molecular weight is 561 g/mol. The second-order valence-electron chi connectivity index (χ2n) is 9.02. The molecule has 2 aliphatic heterocycles. The fourth-order valence-corrected chi connectivity index (χ4v) is 4.89. The van der Waals surface area contributed by atoms with Gasteiger partial charge >= 0.3 is 11.9 Å². The second-order valence-corrected chi connectivity index (χ2v) is 9.84. The van der Waals surface area contributed by atoms with Gasteiger partial charge < -0.3 is 9.47 Å². The summed E-state index contributed by atoms with van der Waals surface area (Å²) in [5.41, 5.74) is 1.02. The van der Waals surface area contributed by atoms with E-state index >= 15 is 0 Å². The number of carbonyl (C=O) groups excluding carboxylic acids is 5. The Labute approximate surface area is 229 Å². The Balaban J connectivity index is 1.29. The van der Waals surface area contributed by atoms with Gasteiger partial charge in [0.1, 0.15) is 0 Å². The van der Waals surface area contributed by atoms with Crippen molar-refractivity contribution in [3.8, 4) is 0 Å². The normalized spacial score (nSPS) is 18.5. The number of rotatable bonds is 8. The number of amides is 2. The molecule has 2 saturated heterocycles. The lowest BCUT2D eigenvalue weighted by atomic mass is 9.95. The van der Waals surface area contributed by atoms with Crippen molar-refractivity contribution in [1.82, 2.24) is 4.90 Å². The van der Waals surface area contributed by atoms with Gasteiger partial charge in [-0.3, -0.25) is 24.1 Å². The molecule has 0 unspecified atom stereocenters. The maximum Gasteiger partial charge on any atom is 0.338 e. The molecule has 2 fully saturated rings. The van der Waals surface area contributed by atoms with Gasteiger partial charge in [-0.1, -0.05) is 23.2 Å². The molecule has 9 nitrogen and oxygen atoms in total. The van der Waals surface area contributed by atoms with Crippen LogP contribution in [0, 0.1) is 5.92 Å². The number of halogens is 2. The third kappa shape index (κ3) is 6.06. The Morgan fingerprint density at radius 3 is 2.21 bits per heavy atom. The smallest absolute Gasteiger partial charge is 0.338 e. The van der Waals surface area contributed by atoms with Gasteiger partial charge in [0.25, 0.3) is 5.91 Å². The van der Waals surface area contributed by atoms with Gasteiger partial charge in [0.05, 0.1) is 46.3 Å². The summed E-state index contributed by atoms with van der Waals surface area (Å²) < 4.78 is 10.2. The van der Waals surface area contributed by atoms with Crippen LogP contribution in [0.2, 0.25) is 10.0 Å². The van der Waals surface area contributed by atoms with Crippen molar-refractivity contribution in [2.45, 2.75) is 32.2 Å². The molecule has 11 heteroatoms. The number of esters is 2. The van der Waals surface area contributed by atoms with E-state index < -0.39 is 30.5 Å². The van der Waals surface area contributed by atoms with Crippen LogP contribution >= 0.6 is 23.2 Å². The van der Waals surface area contributed by atoms with E-state index in [4.69, 9.17) is 32.7 Å². The van der Waals surface area contributed by atoms with Crippen molar-refractivity contribution < 1.29 is 33.4 Å². The molecule has 2 heterocycles. The second kappa shape index (κ2) is 12.1. The van der Waals surface area contributed by atoms with Crippen molar-refractivity contribution in [3.63, 3.8) is 0 Å². The number of ketones is 1. The maximum absolute atomic E-state index is 13.1. The van der Waals surface area contributed by atoms with Crippen molar-refractivity contribution in [2.75, 3.05) is 31.2 Å². The fraction of sp³-hybridized carbons (Fsp3) is 0.370. The molecule has 2 aliphatic rings. The minimum absolute atomic E-state index is 0.0335. The number of ether oxygens (including phenoxy) is 2. The number of carbonyl (C=O) groups is 5. The third-order valence-electron chi connectivity index (χ3n) is 6.65. The minimum atomic E-state index is -0.625. The van der Waals surface area contributed by atoms with Gasteiger partial charge in [-0.2, -0.15) is 0 Å². The third-order valence-corrected chi connectivity index (χ3v) is 7.39. The molecule has 4 rings (SSSR count). The van der Waals surface area contributed by atoms with Crippen LogP contribution < -0.4 is 4.90 Å². The first kappa shape index (κ1) is 27.8. The molecule has 0 aromatic heterocycles. The first-order chi connectivity index (χ1) is 18.2. The summed E-state index contributed by atoms with van der Waals surface area (Å²) in [6.45, 7) is 2.41. The molecular formula is C27H26Cl2N2O7. The topological polar surface area (TPSA) is 110 Å². The SMILES string of the molecule is CCOC(=O)c1ccc(N2C(=O)C[C@@H](N3CCC(C(=O)OCC(=O)c4ccc(Cl)c(Cl)c4)CC3)C2=O)cc1. The number of piperidine rings is 1. The first-order valence-corrected chi connectivity index (χ1v) is 13.0. The minimum Gasteiger partial charge on any atom is -0.462 e. The standard InChI is InChI=1S/C27H26Cl2N2O7/c1-2-37-26(35)16-3-6-19(7-4-16)31-24(33)14-22(25(31)34)30-11-9-17(10-12-30)27(36)38-15-23(32)18-5-8-20(28)21(29)13-18/h3-8,13,17,22H,2,9-12,14-15H2,1H3/t22-/m1/s1. The number of Topliss-reactive ketones (excluding diaryl/α,β-unsaturated/α-hetero) is 1. The highest BCUT2D eigenvalue weighted by Crippen LogP contribution is 2.29. The van der Waals surface area contributed by atoms with Crippen LogP contribution in [-0.4, -0.2) is 66.8 Å². The van der Waals surface area contributed by atoms with Crippen LogP contribution in [0.25, 0.3) is 0 Å². The Hall–Kier alpha value is -3.27. The molecule has 2 aromatic carbocycles. The van der Waals surface area contributed by atoms with Crippen LogP contribution in [-0.2, 0) is 23.9 Å². The molecule has 1 atom stereocenters. The lowest BCUT2D eigenvalue weighted by Gasteiger charge is -2.33. The maximum atomic E-state index is 13.1. The van der Waals surface area contributed by atoms with Gasteiger partial charge in [0, 0.05) is 5.56 Å². The summed E-state index contributed by atoms with van der Waals surface area (Å²) in [5, 5.41) is 0.563. The van der Waals surface area contributed by atoms with Gasteiger partial charge in [-0.25, -0.2) is 9.69 Å². The van der Waals surface area contributed by atoms with Gasteiger partial charge in [0.2, 0.25) is 5.91 Å². The average Bonchev–Trinajstić information content (AvgIpc) is 3.22. The van der Waals surface area contributed by atoms with E-state index in [0.717, 1.165) is 4.90 Å². The monoisotopic (exact) mass is 560 g/mol. The lowest BCUT2D eigenvalue weighted by molar-refractivity contribution is -0.149. The van der Waals surface area contributed by atoms with Crippen molar-refractivity contribution in [1.29, 1.82) is 0 Å². The predicted octanol–water partition coefficient (Wildman–Crippen LogP) is 3.94. The summed E-state index contributed by atoms with van der Waals surface area (Å²) in [6, 6.07) is 9.95. The molecule has 0 aliphatic carbocycles. The number of benzene rings is 2. The van der Waals surface area contributed by atoms with Crippen LogP contribution in [0.3, 0.4) is 0 Å². The number of hydrogen-bond acceptors (Lipinski definition) is 8. The van der Waals surface area contributed by atoms with E-state index in [-0.39, 0.29) is 35.6 Å². The summed E-state index contributed by atoms with van der Waals surface area (Å²) >= 11 is 11.8. The van der Waals surface area contributed by atoms with E-state index in [9.17, 15) is 24.0 Å². The predicted molar refractivity (Wildman–Crippen MR) is 139 cm³/mol.